The van der Waals surface area contributed by atoms with Crippen molar-refractivity contribution >= 4 is 23.6 Å². The first-order valence-corrected chi connectivity index (χ1v) is 18.2. The molecule has 0 aliphatic carbocycles. The number of alkyl halides is 3. The minimum Gasteiger partial charge on any atom is -0.390 e. The first-order valence-electron chi connectivity index (χ1n) is 17.2. The number of β-amino-alcohol motifs (C(OH)–C–C–N with tert-alkyl or cyclic N) is 1. The molecule has 0 radical (unpaired) electrons. The number of likely N-dealkylation sites (tertiary alicyclic amines) is 3. The summed E-state index contributed by atoms with van der Waals surface area (Å²) in [6.45, 7) is 8.31. The second-order valence-electron chi connectivity index (χ2n) is 13.5. The van der Waals surface area contributed by atoms with Gasteiger partial charge in [0.05, 0.1) is 23.9 Å². The van der Waals surface area contributed by atoms with Crippen LogP contribution in [0.25, 0.3) is 11.3 Å². The fourth-order valence-electron chi connectivity index (χ4n) is 7.66. The quantitative estimate of drug-likeness (QED) is 0.371. The van der Waals surface area contributed by atoms with Gasteiger partial charge in [-0.05, 0) is 57.3 Å². The van der Waals surface area contributed by atoms with E-state index in [1.807, 2.05) is 9.58 Å². The van der Waals surface area contributed by atoms with Crippen LogP contribution in [0.5, 0.6) is 0 Å². The molecule has 0 saturated carbocycles. The van der Waals surface area contributed by atoms with Gasteiger partial charge in [0.2, 0.25) is 11.8 Å². The van der Waals surface area contributed by atoms with Crippen LogP contribution >= 0.6 is 11.8 Å². The zero-order valence-electron chi connectivity index (χ0n) is 27.3. The predicted octanol–water partition coefficient (Wildman–Crippen LogP) is 4.50. The summed E-state index contributed by atoms with van der Waals surface area (Å²) in [5.74, 6) is 0.756. The number of carbonyl (C=O) groups excluding carboxylic acids is 2. The highest BCUT2D eigenvalue weighted by molar-refractivity contribution is 7.99. The van der Waals surface area contributed by atoms with E-state index in [-0.39, 0.29) is 29.3 Å². The summed E-state index contributed by atoms with van der Waals surface area (Å²) in [5.41, 5.74) is 2.27. The Kier molecular flexibility index (Phi) is 10.8. The Bertz CT molecular complexity index is 1420. The van der Waals surface area contributed by atoms with Crippen molar-refractivity contribution in [3.63, 3.8) is 0 Å². The lowest BCUT2D eigenvalue weighted by Gasteiger charge is -2.37. The van der Waals surface area contributed by atoms with E-state index < -0.39 is 17.8 Å². The monoisotopic (exact) mass is 676 g/mol. The minimum absolute atomic E-state index is 0.0604. The van der Waals surface area contributed by atoms with Gasteiger partial charge in [0.25, 0.3) is 0 Å². The van der Waals surface area contributed by atoms with Crippen molar-refractivity contribution in [2.45, 2.75) is 94.6 Å². The molecule has 5 heterocycles. The van der Waals surface area contributed by atoms with Crippen molar-refractivity contribution in [1.29, 1.82) is 0 Å². The van der Waals surface area contributed by atoms with Gasteiger partial charge >= 0.3 is 6.18 Å². The number of rotatable bonds is 10. The van der Waals surface area contributed by atoms with Crippen molar-refractivity contribution in [3.05, 3.63) is 35.0 Å². The molecule has 0 bridgehead atoms. The molecule has 1 unspecified atom stereocenters. The predicted molar refractivity (Wildman–Crippen MR) is 175 cm³/mol. The number of amides is 2. The van der Waals surface area contributed by atoms with Crippen molar-refractivity contribution in [2.75, 3.05) is 58.1 Å². The van der Waals surface area contributed by atoms with Gasteiger partial charge in [-0.1, -0.05) is 12.5 Å². The lowest BCUT2D eigenvalue weighted by Crippen LogP contribution is -2.47. The van der Waals surface area contributed by atoms with Crippen LogP contribution in [0.2, 0.25) is 0 Å². The van der Waals surface area contributed by atoms with Crippen molar-refractivity contribution in [2.24, 2.45) is 0 Å². The van der Waals surface area contributed by atoms with E-state index in [0.717, 1.165) is 88.7 Å². The highest BCUT2D eigenvalue weighted by Gasteiger charge is 2.35. The molecule has 258 valence electrons. The van der Waals surface area contributed by atoms with Crippen LogP contribution < -0.4 is 0 Å². The number of aromatic nitrogens is 2. The lowest BCUT2D eigenvalue weighted by atomic mass is 9.99. The SMILES string of the molecule is CC(=O)N1CCc2c(c(-c3ccc(C(F)(F)F)c(SCCN4CCCCC4)c3)nn2CC(O)CN2CCC(N3CCCC3=O)CC2)C1. The molecule has 1 atom stereocenters. The zero-order valence-corrected chi connectivity index (χ0v) is 28.1. The largest absolute Gasteiger partial charge is 0.417 e. The summed E-state index contributed by atoms with van der Waals surface area (Å²) in [6.07, 6.45) is 2.23. The maximum atomic E-state index is 14.1. The van der Waals surface area contributed by atoms with Crippen LogP contribution in [0.15, 0.2) is 23.1 Å². The number of aliphatic hydroxyl groups excluding tert-OH is 1. The number of aliphatic hydroxyl groups is 1. The smallest absolute Gasteiger partial charge is 0.390 e. The molecule has 1 N–H and O–H groups in total. The third-order valence-corrected chi connectivity index (χ3v) is 11.2. The van der Waals surface area contributed by atoms with Crippen LogP contribution in [-0.4, -0.2) is 117 Å². The van der Waals surface area contributed by atoms with E-state index in [4.69, 9.17) is 5.10 Å². The molecule has 2 amide bonds. The summed E-state index contributed by atoms with van der Waals surface area (Å²) < 4.78 is 44.1. The van der Waals surface area contributed by atoms with Gasteiger partial charge in [-0.25, -0.2) is 0 Å². The molecule has 47 heavy (non-hydrogen) atoms. The number of hydrogen-bond donors (Lipinski definition) is 1. The molecule has 6 rings (SSSR count). The molecular weight excluding hydrogens is 629 g/mol. The molecule has 4 aliphatic rings. The van der Waals surface area contributed by atoms with Gasteiger partial charge in [0.15, 0.2) is 0 Å². The number of piperidine rings is 2. The number of halogens is 3. The van der Waals surface area contributed by atoms with Gasteiger partial charge in [-0.15, -0.1) is 11.8 Å². The first kappa shape index (κ1) is 34.3. The average Bonchev–Trinajstić information content (AvgIpc) is 3.64. The van der Waals surface area contributed by atoms with Crippen molar-refractivity contribution < 1.29 is 27.9 Å². The van der Waals surface area contributed by atoms with Crippen LogP contribution in [0, 0.1) is 0 Å². The highest BCUT2D eigenvalue weighted by atomic mass is 32.2. The van der Waals surface area contributed by atoms with Gasteiger partial charge in [-0.3, -0.25) is 14.3 Å². The maximum Gasteiger partial charge on any atom is 0.417 e. The van der Waals surface area contributed by atoms with Gasteiger partial charge in [0, 0.05) is 99.1 Å². The number of thioether (sulfide) groups is 1. The number of nitrogens with zero attached hydrogens (tertiary/aromatic N) is 6. The molecule has 2 aromatic rings. The van der Waals surface area contributed by atoms with Crippen LogP contribution in [0.4, 0.5) is 13.2 Å². The Morgan fingerprint density at radius 1 is 1.00 bits per heavy atom. The van der Waals surface area contributed by atoms with Gasteiger partial charge in [-0.2, -0.15) is 18.3 Å². The summed E-state index contributed by atoms with van der Waals surface area (Å²) in [7, 11) is 0. The van der Waals surface area contributed by atoms with E-state index in [0.29, 0.717) is 49.5 Å². The Morgan fingerprint density at radius 2 is 1.77 bits per heavy atom. The van der Waals surface area contributed by atoms with Crippen molar-refractivity contribution in [3.8, 4) is 11.3 Å². The average molecular weight is 677 g/mol. The Hall–Kier alpha value is -2.61. The third kappa shape index (κ3) is 8.17. The molecule has 4 aliphatic heterocycles. The number of benzene rings is 1. The van der Waals surface area contributed by atoms with E-state index in [9.17, 15) is 27.9 Å². The second kappa shape index (κ2) is 14.9. The summed E-state index contributed by atoms with van der Waals surface area (Å²) >= 11 is 1.24. The van der Waals surface area contributed by atoms with E-state index in [1.165, 1.54) is 31.2 Å². The van der Waals surface area contributed by atoms with Crippen LogP contribution in [0.1, 0.15) is 68.7 Å². The standard InChI is InChI=1S/C34H47F3N6O3S/c1-24(44)41-17-11-30-28(23-41)33(25-7-8-29(34(35,36)37)31(20-25)47-19-18-39-12-3-2-4-13-39)38-43(30)22-27(45)21-40-15-9-26(10-16-40)42-14-5-6-32(42)46/h7-8,20,26-27,45H,2-6,9-19,21-23H2,1H3. The summed E-state index contributed by atoms with van der Waals surface area (Å²) in [4.78, 5) is 33.0. The minimum atomic E-state index is -4.47. The fourth-order valence-corrected chi connectivity index (χ4v) is 8.78. The Labute approximate surface area is 279 Å². The van der Waals surface area contributed by atoms with Crippen molar-refractivity contribution in [1.82, 2.24) is 29.4 Å². The number of hydrogen-bond acceptors (Lipinski definition) is 7. The molecule has 0 spiro atoms. The van der Waals surface area contributed by atoms with E-state index in [1.54, 1.807) is 11.0 Å². The second-order valence-corrected chi connectivity index (χ2v) is 14.6. The summed E-state index contributed by atoms with van der Waals surface area (Å²) in [5, 5.41) is 16.1. The normalized spacial score (nSPS) is 21.0. The fraction of sp³-hybridized carbons (Fsp3) is 0.676. The molecule has 3 saturated heterocycles. The zero-order chi connectivity index (χ0) is 33.1. The van der Waals surface area contributed by atoms with Crippen LogP contribution in [-0.2, 0) is 35.3 Å². The molecule has 9 nitrogen and oxygen atoms in total. The maximum absolute atomic E-state index is 14.1. The number of carbonyl (C=O) groups is 2. The van der Waals surface area contributed by atoms with Gasteiger partial charge < -0.3 is 24.7 Å². The topological polar surface area (TPSA) is 85.2 Å². The molecule has 1 aromatic carbocycles. The number of fused-ring (bicyclic) bond motifs is 1. The lowest BCUT2D eigenvalue weighted by molar-refractivity contribution is -0.139. The molecule has 1 aromatic heterocycles. The van der Waals surface area contributed by atoms with Crippen LogP contribution in [0.3, 0.4) is 0 Å². The summed E-state index contributed by atoms with van der Waals surface area (Å²) in [6, 6.07) is 4.53. The van der Waals surface area contributed by atoms with E-state index in [2.05, 4.69) is 9.80 Å². The molecular formula is C34H47F3N6O3S. The van der Waals surface area contributed by atoms with E-state index >= 15 is 0 Å². The highest BCUT2D eigenvalue weighted by Crippen LogP contribution is 2.40. The third-order valence-electron chi connectivity index (χ3n) is 10.2. The van der Waals surface area contributed by atoms with Gasteiger partial charge in [0.1, 0.15) is 0 Å². The first-order chi connectivity index (χ1) is 22.6. The Balaban J connectivity index is 1.19. The molecule has 13 heteroatoms. The molecule has 3 fully saturated rings. The Morgan fingerprint density at radius 3 is 2.45 bits per heavy atom.